The summed E-state index contributed by atoms with van der Waals surface area (Å²) in [6.07, 6.45) is 0.991. The maximum atomic E-state index is 12.1. The fraction of sp³-hybridized carbons (Fsp3) is 0.444. The lowest BCUT2D eigenvalue weighted by Gasteiger charge is -2.47. The number of likely N-dealkylation sites (tertiary alicyclic amines) is 1. The summed E-state index contributed by atoms with van der Waals surface area (Å²) in [5.41, 5.74) is 0.329. The van der Waals surface area contributed by atoms with E-state index in [1.807, 2.05) is 30.3 Å². The molecule has 2 amide bonds. The minimum Gasteiger partial charge on any atom is -0.299 e. The van der Waals surface area contributed by atoms with E-state index in [1.54, 1.807) is 0 Å². The molecule has 2 heterocycles. The SMILES string of the molecule is Cl.N#CC1C(=O)NC(=O)C(C#N)C12CCN(Cc1ccccc1)CC2. The van der Waals surface area contributed by atoms with Gasteiger partial charge in [-0.1, -0.05) is 30.3 Å². The normalized spacial score (nSPS) is 25.4. The molecule has 0 radical (unpaired) electrons. The number of piperidine rings is 2. The number of nitrogens with one attached hydrogen (secondary N) is 1. The van der Waals surface area contributed by atoms with Gasteiger partial charge in [-0.25, -0.2) is 0 Å². The van der Waals surface area contributed by atoms with Crippen LogP contribution in [0.1, 0.15) is 18.4 Å². The molecule has 130 valence electrons. The van der Waals surface area contributed by atoms with Crippen molar-refractivity contribution in [3.8, 4) is 12.1 Å². The largest absolute Gasteiger partial charge is 0.299 e. The van der Waals surface area contributed by atoms with E-state index < -0.39 is 29.1 Å². The first-order valence-electron chi connectivity index (χ1n) is 8.01. The second-order valence-electron chi connectivity index (χ2n) is 6.47. The number of hydrogen-bond donors (Lipinski definition) is 1. The summed E-state index contributed by atoms with van der Waals surface area (Å²) in [5.74, 6) is -3.02. The zero-order chi connectivity index (χ0) is 17.2. The summed E-state index contributed by atoms with van der Waals surface area (Å²) in [7, 11) is 0. The minimum absolute atomic E-state index is 0. The molecule has 1 aromatic carbocycles. The molecule has 1 spiro atoms. The molecule has 2 aliphatic rings. The smallest absolute Gasteiger partial charge is 0.244 e. The van der Waals surface area contributed by atoms with Crippen LogP contribution < -0.4 is 5.32 Å². The number of rotatable bonds is 2. The minimum atomic E-state index is -0.946. The number of benzene rings is 1. The van der Waals surface area contributed by atoms with Gasteiger partial charge in [0, 0.05) is 12.0 Å². The van der Waals surface area contributed by atoms with Crippen molar-refractivity contribution in [2.24, 2.45) is 17.3 Å². The van der Waals surface area contributed by atoms with E-state index >= 15 is 0 Å². The zero-order valence-electron chi connectivity index (χ0n) is 13.6. The van der Waals surface area contributed by atoms with Crippen LogP contribution in [0.4, 0.5) is 0 Å². The molecule has 7 heteroatoms. The summed E-state index contributed by atoms with van der Waals surface area (Å²) >= 11 is 0. The molecule has 2 fully saturated rings. The molecule has 6 nitrogen and oxygen atoms in total. The third-order valence-electron chi connectivity index (χ3n) is 5.21. The van der Waals surface area contributed by atoms with Crippen molar-refractivity contribution in [3.05, 3.63) is 35.9 Å². The van der Waals surface area contributed by atoms with Crippen LogP contribution in [-0.2, 0) is 16.1 Å². The Hall–Kier alpha value is -2.41. The van der Waals surface area contributed by atoms with Crippen LogP contribution in [-0.4, -0.2) is 29.8 Å². The van der Waals surface area contributed by atoms with Gasteiger partial charge in [0.1, 0.15) is 11.8 Å². The summed E-state index contributed by atoms with van der Waals surface area (Å²) in [4.78, 5) is 26.4. The van der Waals surface area contributed by atoms with Gasteiger partial charge in [-0.3, -0.25) is 19.8 Å². The second kappa shape index (κ2) is 7.65. The van der Waals surface area contributed by atoms with Gasteiger partial charge >= 0.3 is 0 Å². The summed E-state index contributed by atoms with van der Waals surface area (Å²) in [6, 6.07) is 14.1. The van der Waals surface area contributed by atoms with Gasteiger partial charge < -0.3 is 0 Å². The Labute approximate surface area is 152 Å². The Morgan fingerprint density at radius 2 is 1.56 bits per heavy atom. The van der Waals surface area contributed by atoms with Crippen molar-refractivity contribution in [2.75, 3.05) is 13.1 Å². The fourth-order valence-electron chi connectivity index (χ4n) is 3.88. The van der Waals surface area contributed by atoms with E-state index in [-0.39, 0.29) is 12.4 Å². The topological polar surface area (TPSA) is 97.0 Å². The Kier molecular flexibility index (Phi) is 5.79. The van der Waals surface area contributed by atoms with Crippen LogP contribution in [0.5, 0.6) is 0 Å². The predicted octanol–water partition coefficient (Wildman–Crippen LogP) is 1.63. The summed E-state index contributed by atoms with van der Waals surface area (Å²) < 4.78 is 0. The molecular formula is C18H19ClN4O2. The molecule has 25 heavy (non-hydrogen) atoms. The van der Waals surface area contributed by atoms with Crippen LogP contribution in [0.15, 0.2) is 30.3 Å². The molecule has 2 aliphatic heterocycles. The molecule has 1 N–H and O–H groups in total. The Bertz CT molecular complexity index is 696. The summed E-state index contributed by atoms with van der Waals surface area (Å²) in [6.45, 7) is 2.10. The predicted molar refractivity (Wildman–Crippen MR) is 92.0 cm³/mol. The number of carbonyl (C=O) groups is 2. The molecule has 3 rings (SSSR count). The van der Waals surface area contributed by atoms with E-state index in [4.69, 9.17) is 0 Å². The molecule has 0 bridgehead atoms. The average molecular weight is 359 g/mol. The van der Waals surface area contributed by atoms with Crippen molar-refractivity contribution in [1.29, 1.82) is 10.5 Å². The highest BCUT2D eigenvalue weighted by Gasteiger charge is 2.57. The second-order valence-corrected chi connectivity index (χ2v) is 6.47. The van der Waals surface area contributed by atoms with Crippen LogP contribution in [0.25, 0.3) is 0 Å². The van der Waals surface area contributed by atoms with Crippen LogP contribution in [0, 0.1) is 39.9 Å². The number of nitriles is 2. The van der Waals surface area contributed by atoms with Crippen molar-refractivity contribution < 1.29 is 9.59 Å². The highest BCUT2D eigenvalue weighted by molar-refractivity contribution is 6.03. The average Bonchev–Trinajstić information content (AvgIpc) is 2.58. The van der Waals surface area contributed by atoms with Gasteiger partial charge in [0.05, 0.1) is 12.1 Å². The maximum Gasteiger partial charge on any atom is 0.244 e. The van der Waals surface area contributed by atoms with Crippen LogP contribution in [0.2, 0.25) is 0 Å². The molecule has 0 saturated carbocycles. The Morgan fingerprint density at radius 3 is 2.04 bits per heavy atom. The van der Waals surface area contributed by atoms with Gasteiger partial charge in [-0.2, -0.15) is 10.5 Å². The van der Waals surface area contributed by atoms with Crippen LogP contribution >= 0.6 is 12.4 Å². The molecule has 2 atom stereocenters. The number of hydrogen-bond acceptors (Lipinski definition) is 5. The van der Waals surface area contributed by atoms with Gasteiger partial charge in [0.25, 0.3) is 0 Å². The number of halogens is 1. The van der Waals surface area contributed by atoms with Crippen LogP contribution in [0.3, 0.4) is 0 Å². The van der Waals surface area contributed by atoms with Crippen molar-refractivity contribution in [3.63, 3.8) is 0 Å². The van der Waals surface area contributed by atoms with Crippen molar-refractivity contribution >= 4 is 24.2 Å². The number of amides is 2. The van der Waals surface area contributed by atoms with Gasteiger partial charge in [0.15, 0.2) is 0 Å². The molecular weight excluding hydrogens is 340 g/mol. The van der Waals surface area contributed by atoms with Crippen molar-refractivity contribution in [1.82, 2.24) is 10.2 Å². The highest BCUT2D eigenvalue weighted by Crippen LogP contribution is 2.47. The number of nitrogens with zero attached hydrogens (tertiary/aromatic N) is 3. The molecule has 0 aromatic heterocycles. The fourth-order valence-corrected chi connectivity index (χ4v) is 3.88. The first-order valence-corrected chi connectivity index (χ1v) is 8.01. The third-order valence-corrected chi connectivity index (χ3v) is 5.21. The van der Waals surface area contributed by atoms with Gasteiger partial charge in [-0.05, 0) is 31.5 Å². The standard InChI is InChI=1S/C18H18N4O2.ClH/c19-10-14-16(23)21-17(24)15(11-20)18(14)6-8-22(9-7-18)12-13-4-2-1-3-5-13;/h1-5,14-15H,6-9,12H2,(H,21,23,24);1H. The number of imide groups is 1. The van der Waals surface area contributed by atoms with E-state index in [9.17, 15) is 20.1 Å². The number of carbonyl (C=O) groups excluding carboxylic acids is 2. The lowest BCUT2D eigenvalue weighted by molar-refractivity contribution is -0.147. The maximum absolute atomic E-state index is 12.1. The lowest BCUT2D eigenvalue weighted by Crippen LogP contribution is -2.60. The van der Waals surface area contributed by atoms with Crippen molar-refractivity contribution in [2.45, 2.75) is 19.4 Å². The third kappa shape index (κ3) is 3.37. The first-order chi connectivity index (χ1) is 11.6. The Morgan fingerprint density at radius 1 is 1.04 bits per heavy atom. The molecule has 1 aromatic rings. The monoisotopic (exact) mass is 358 g/mol. The molecule has 0 aliphatic carbocycles. The molecule has 2 unspecified atom stereocenters. The Balaban J connectivity index is 0.00000225. The first kappa shape index (κ1) is 18.9. The van der Waals surface area contributed by atoms with Gasteiger partial charge in [-0.15, -0.1) is 12.4 Å². The van der Waals surface area contributed by atoms with Gasteiger partial charge in [0.2, 0.25) is 11.8 Å². The van der Waals surface area contributed by atoms with E-state index in [2.05, 4.69) is 22.3 Å². The van der Waals surface area contributed by atoms with E-state index in [0.29, 0.717) is 25.9 Å². The van der Waals surface area contributed by atoms with E-state index in [0.717, 1.165) is 6.54 Å². The quantitative estimate of drug-likeness (QED) is 0.810. The highest BCUT2D eigenvalue weighted by atomic mass is 35.5. The molecule has 2 saturated heterocycles. The van der Waals surface area contributed by atoms with E-state index in [1.165, 1.54) is 5.56 Å². The lowest BCUT2D eigenvalue weighted by atomic mass is 9.59. The zero-order valence-corrected chi connectivity index (χ0v) is 14.5. The summed E-state index contributed by atoms with van der Waals surface area (Å²) in [5, 5.41) is 21.0.